The Hall–Kier alpha value is -3.74. The molecule has 166 valence electrons. The van der Waals surface area contributed by atoms with Gasteiger partial charge in [0.05, 0.1) is 19.8 Å². The molecule has 32 heavy (non-hydrogen) atoms. The summed E-state index contributed by atoms with van der Waals surface area (Å²) in [4.78, 5) is 24.8. The van der Waals surface area contributed by atoms with Crippen LogP contribution in [0.25, 0.3) is 17.0 Å². The van der Waals surface area contributed by atoms with Crippen LogP contribution >= 0.6 is 0 Å². The number of ether oxygens (including phenoxy) is 4. The third-order valence-corrected chi connectivity index (χ3v) is 5.54. The summed E-state index contributed by atoms with van der Waals surface area (Å²) in [6.45, 7) is 6.27. The summed E-state index contributed by atoms with van der Waals surface area (Å²) >= 11 is 0. The Labute approximate surface area is 186 Å². The van der Waals surface area contributed by atoms with Gasteiger partial charge in [-0.05, 0) is 56.7 Å². The highest BCUT2D eigenvalue weighted by molar-refractivity contribution is 6.16. The highest BCUT2D eigenvalue weighted by atomic mass is 16.6. The first-order chi connectivity index (χ1) is 15.4. The van der Waals surface area contributed by atoms with Gasteiger partial charge in [0, 0.05) is 35.3 Å². The predicted octanol–water partition coefficient (Wildman–Crippen LogP) is 4.53. The average molecular weight is 435 g/mol. The molecule has 1 aliphatic heterocycles. The van der Waals surface area contributed by atoms with Crippen molar-refractivity contribution in [1.82, 2.24) is 4.57 Å². The number of methoxy groups -OCH3 is 2. The maximum absolute atomic E-state index is 13.1. The zero-order chi connectivity index (χ0) is 23.0. The third kappa shape index (κ3) is 3.70. The zero-order valence-electron chi connectivity index (χ0n) is 18.7. The van der Waals surface area contributed by atoms with Gasteiger partial charge < -0.3 is 23.5 Å². The van der Waals surface area contributed by atoms with Crippen molar-refractivity contribution in [3.8, 4) is 17.2 Å². The van der Waals surface area contributed by atoms with E-state index in [-0.39, 0.29) is 11.5 Å². The molecule has 3 aromatic rings. The van der Waals surface area contributed by atoms with Crippen molar-refractivity contribution < 1.29 is 28.5 Å². The van der Waals surface area contributed by atoms with E-state index in [0.717, 1.165) is 28.8 Å². The molecule has 0 saturated heterocycles. The van der Waals surface area contributed by atoms with Crippen molar-refractivity contribution in [3.05, 3.63) is 59.0 Å². The van der Waals surface area contributed by atoms with Gasteiger partial charge in [0.15, 0.2) is 11.9 Å². The van der Waals surface area contributed by atoms with Crippen molar-refractivity contribution in [3.63, 3.8) is 0 Å². The molecule has 0 spiro atoms. The minimum absolute atomic E-state index is 0.189. The topological polar surface area (TPSA) is 76.0 Å². The Kier molecular flexibility index (Phi) is 5.65. The molecule has 2 heterocycles. The number of benzene rings is 2. The summed E-state index contributed by atoms with van der Waals surface area (Å²) in [6.07, 6.45) is 2.98. The lowest BCUT2D eigenvalue weighted by Crippen LogP contribution is -2.24. The van der Waals surface area contributed by atoms with Crippen LogP contribution in [0.3, 0.4) is 0 Å². The number of hydrogen-bond acceptors (Lipinski definition) is 6. The third-order valence-electron chi connectivity index (χ3n) is 5.54. The Morgan fingerprint density at radius 2 is 1.97 bits per heavy atom. The van der Waals surface area contributed by atoms with E-state index in [1.807, 2.05) is 31.3 Å². The number of rotatable bonds is 6. The second-order valence-electron chi connectivity index (χ2n) is 7.59. The molecule has 1 unspecified atom stereocenters. The number of ketones is 1. The number of Topliss-reactive ketones (excluding diaryl/α,β-unsaturated/α-hetero) is 1. The Balaban J connectivity index is 1.71. The summed E-state index contributed by atoms with van der Waals surface area (Å²) in [6, 6.07) is 9.21. The number of fused-ring (bicyclic) bond motifs is 2. The van der Waals surface area contributed by atoms with E-state index >= 15 is 0 Å². The molecule has 0 aliphatic carbocycles. The van der Waals surface area contributed by atoms with Crippen LogP contribution in [0.15, 0.2) is 42.3 Å². The first-order valence-corrected chi connectivity index (χ1v) is 10.4. The van der Waals surface area contributed by atoms with Crippen molar-refractivity contribution in [2.45, 2.75) is 33.4 Å². The van der Waals surface area contributed by atoms with Crippen molar-refractivity contribution in [1.29, 1.82) is 0 Å². The summed E-state index contributed by atoms with van der Waals surface area (Å²) in [5, 5.41) is 0.971. The fourth-order valence-electron chi connectivity index (χ4n) is 3.91. The first kappa shape index (κ1) is 21.5. The predicted molar refractivity (Wildman–Crippen MR) is 120 cm³/mol. The molecule has 1 aliphatic rings. The van der Waals surface area contributed by atoms with Gasteiger partial charge >= 0.3 is 5.97 Å². The molecule has 0 bridgehead atoms. The highest BCUT2D eigenvalue weighted by Crippen LogP contribution is 2.38. The molecule has 0 fully saturated rings. The van der Waals surface area contributed by atoms with E-state index in [1.165, 1.54) is 7.11 Å². The second kappa shape index (κ2) is 8.42. The van der Waals surface area contributed by atoms with Crippen LogP contribution in [0.4, 0.5) is 0 Å². The van der Waals surface area contributed by atoms with E-state index in [2.05, 4.69) is 11.5 Å². The lowest BCUT2D eigenvalue weighted by Gasteiger charge is -2.13. The largest absolute Gasteiger partial charge is 0.497 e. The zero-order valence-corrected chi connectivity index (χ0v) is 18.7. The number of allylic oxidation sites excluding steroid dienone is 1. The lowest BCUT2D eigenvalue weighted by atomic mass is 10.0. The van der Waals surface area contributed by atoms with Gasteiger partial charge in [-0.1, -0.05) is 0 Å². The molecule has 0 amide bonds. The van der Waals surface area contributed by atoms with Crippen LogP contribution in [0.5, 0.6) is 17.2 Å². The van der Waals surface area contributed by atoms with Crippen LogP contribution in [0.2, 0.25) is 0 Å². The van der Waals surface area contributed by atoms with Gasteiger partial charge in [-0.15, -0.1) is 0 Å². The Bertz CT molecular complexity index is 1250. The van der Waals surface area contributed by atoms with Crippen LogP contribution in [0.1, 0.15) is 35.3 Å². The summed E-state index contributed by atoms with van der Waals surface area (Å²) in [5.41, 5.74) is 3.11. The van der Waals surface area contributed by atoms with Crippen LogP contribution in [-0.4, -0.2) is 36.6 Å². The Morgan fingerprint density at radius 3 is 2.66 bits per heavy atom. The van der Waals surface area contributed by atoms with Crippen molar-refractivity contribution >= 4 is 28.7 Å². The fourth-order valence-corrected chi connectivity index (χ4v) is 3.91. The van der Waals surface area contributed by atoms with Gasteiger partial charge in [-0.25, -0.2) is 4.79 Å². The van der Waals surface area contributed by atoms with E-state index in [0.29, 0.717) is 22.6 Å². The molecule has 4 rings (SSSR count). The number of aromatic nitrogens is 1. The standard InChI is InChI=1S/C25H25NO6/c1-6-26-13-16(19-11-17(29-4)7-8-20(19)26)10-22-24(27)23-14(2)9-18(12-21(23)32-22)31-15(3)25(28)30-5/h7-13,15H,6H2,1-5H3/b22-10-. The average Bonchev–Trinajstić information content (AvgIpc) is 3.29. The summed E-state index contributed by atoms with van der Waals surface area (Å²) in [5.74, 6) is 1.14. The molecule has 0 saturated carbocycles. The summed E-state index contributed by atoms with van der Waals surface area (Å²) in [7, 11) is 2.93. The maximum Gasteiger partial charge on any atom is 0.346 e. The molecule has 0 radical (unpaired) electrons. The molecule has 0 N–H and O–H groups in total. The van der Waals surface area contributed by atoms with Crippen LogP contribution in [-0.2, 0) is 16.1 Å². The van der Waals surface area contributed by atoms with Gasteiger partial charge in [0.1, 0.15) is 17.2 Å². The van der Waals surface area contributed by atoms with E-state index in [9.17, 15) is 9.59 Å². The number of aryl methyl sites for hydroxylation is 2. The minimum Gasteiger partial charge on any atom is -0.497 e. The maximum atomic E-state index is 13.1. The Morgan fingerprint density at radius 1 is 1.19 bits per heavy atom. The molecular formula is C25H25NO6. The number of hydrogen-bond donors (Lipinski definition) is 0. The number of carbonyl (C=O) groups is 2. The van der Waals surface area contributed by atoms with Crippen LogP contribution in [0, 0.1) is 6.92 Å². The normalized spacial score (nSPS) is 14.9. The van der Waals surface area contributed by atoms with Crippen molar-refractivity contribution in [2.24, 2.45) is 0 Å². The minimum atomic E-state index is -0.778. The van der Waals surface area contributed by atoms with Gasteiger partial charge in [-0.2, -0.15) is 0 Å². The first-order valence-electron chi connectivity index (χ1n) is 10.4. The molecule has 7 heteroatoms. The summed E-state index contributed by atoms with van der Waals surface area (Å²) < 4.78 is 23.8. The molecule has 1 aromatic heterocycles. The quantitative estimate of drug-likeness (QED) is 0.418. The van der Waals surface area contributed by atoms with Gasteiger partial charge in [0.2, 0.25) is 5.78 Å². The number of carbonyl (C=O) groups excluding carboxylic acids is 2. The van der Waals surface area contributed by atoms with E-state index < -0.39 is 12.1 Å². The molecular weight excluding hydrogens is 410 g/mol. The van der Waals surface area contributed by atoms with Crippen LogP contribution < -0.4 is 14.2 Å². The molecule has 7 nitrogen and oxygen atoms in total. The smallest absolute Gasteiger partial charge is 0.346 e. The lowest BCUT2D eigenvalue weighted by molar-refractivity contribution is -0.147. The SMILES string of the molecule is CCn1cc(/C=C2\Oc3cc(OC(C)C(=O)OC)cc(C)c3C2=O)c2cc(OC)ccc21. The van der Waals surface area contributed by atoms with E-state index in [4.69, 9.17) is 18.9 Å². The molecule has 2 aromatic carbocycles. The monoisotopic (exact) mass is 435 g/mol. The van der Waals surface area contributed by atoms with Gasteiger partial charge in [0.25, 0.3) is 0 Å². The molecule has 1 atom stereocenters. The fraction of sp³-hybridized carbons (Fsp3) is 0.280. The highest BCUT2D eigenvalue weighted by Gasteiger charge is 2.31. The van der Waals surface area contributed by atoms with Gasteiger partial charge in [-0.3, -0.25) is 4.79 Å². The number of esters is 1. The second-order valence-corrected chi connectivity index (χ2v) is 7.59. The van der Waals surface area contributed by atoms with Crippen molar-refractivity contribution in [2.75, 3.05) is 14.2 Å². The van der Waals surface area contributed by atoms with E-state index in [1.54, 1.807) is 32.2 Å². The number of nitrogens with zero attached hydrogens (tertiary/aromatic N) is 1.